The molecule has 0 radical (unpaired) electrons. The second-order valence-electron chi connectivity index (χ2n) is 6.27. The maximum Gasteiger partial charge on any atom is 0.103 e. The SMILES string of the molecule is C=C1[C@H]2CC[C@H](C2)[C@@]1(C)C/C=C/[C@@](C)(O)CO. The van der Waals surface area contributed by atoms with Crippen LogP contribution in [0.5, 0.6) is 0 Å². The lowest BCUT2D eigenvalue weighted by molar-refractivity contribution is 0.0431. The molecule has 4 atom stereocenters. The molecule has 0 amide bonds. The molecule has 2 saturated carbocycles. The number of hydrogen-bond acceptors (Lipinski definition) is 2. The summed E-state index contributed by atoms with van der Waals surface area (Å²) in [7, 11) is 0. The van der Waals surface area contributed by atoms with Crippen LogP contribution in [0.15, 0.2) is 24.3 Å². The summed E-state index contributed by atoms with van der Waals surface area (Å²) in [4.78, 5) is 0. The van der Waals surface area contributed by atoms with Gasteiger partial charge in [-0.15, -0.1) is 0 Å². The lowest BCUT2D eigenvalue weighted by Gasteiger charge is -2.35. The van der Waals surface area contributed by atoms with E-state index in [9.17, 15) is 5.11 Å². The van der Waals surface area contributed by atoms with Crippen LogP contribution in [-0.4, -0.2) is 22.4 Å². The molecule has 96 valence electrons. The maximum absolute atomic E-state index is 9.72. The zero-order valence-electron chi connectivity index (χ0n) is 10.9. The van der Waals surface area contributed by atoms with Crippen molar-refractivity contribution in [2.75, 3.05) is 6.61 Å². The average Bonchev–Trinajstić information content (AvgIpc) is 2.83. The second kappa shape index (κ2) is 4.25. The van der Waals surface area contributed by atoms with Gasteiger partial charge in [-0.1, -0.05) is 31.2 Å². The molecule has 0 saturated heterocycles. The zero-order valence-corrected chi connectivity index (χ0v) is 10.9. The van der Waals surface area contributed by atoms with Crippen LogP contribution in [0.2, 0.25) is 0 Å². The molecule has 0 spiro atoms. The standard InChI is InChI=1S/C15H24O2/c1-11-12-5-6-13(9-12)15(11,3)8-4-7-14(2,17)10-16/h4,7,12-13,16-17H,1,5-6,8-10H2,2-3H3/b7-4+/t12-,13+,14+,15-/m0/s1. The molecule has 2 aliphatic rings. The van der Waals surface area contributed by atoms with Crippen molar-refractivity contribution in [1.82, 2.24) is 0 Å². The molecule has 17 heavy (non-hydrogen) atoms. The van der Waals surface area contributed by atoms with Gasteiger partial charge in [0.1, 0.15) is 5.60 Å². The normalized spacial score (nSPS) is 40.1. The summed E-state index contributed by atoms with van der Waals surface area (Å²) in [6, 6.07) is 0. The Labute approximate surface area is 104 Å². The first kappa shape index (κ1) is 12.8. The van der Waals surface area contributed by atoms with Crippen LogP contribution in [0.3, 0.4) is 0 Å². The number of rotatable bonds is 4. The van der Waals surface area contributed by atoms with Crippen LogP contribution in [-0.2, 0) is 0 Å². The average molecular weight is 236 g/mol. The highest BCUT2D eigenvalue weighted by atomic mass is 16.3. The summed E-state index contributed by atoms with van der Waals surface area (Å²) in [5, 5.41) is 18.7. The third-order valence-corrected chi connectivity index (χ3v) is 4.90. The van der Waals surface area contributed by atoms with Crippen molar-refractivity contribution in [1.29, 1.82) is 0 Å². The van der Waals surface area contributed by atoms with E-state index in [-0.39, 0.29) is 12.0 Å². The summed E-state index contributed by atoms with van der Waals surface area (Å²) in [6.07, 6.45) is 8.61. The van der Waals surface area contributed by atoms with Crippen LogP contribution in [0.25, 0.3) is 0 Å². The first-order valence-electron chi connectivity index (χ1n) is 6.59. The Hall–Kier alpha value is -0.600. The Kier molecular flexibility index (Phi) is 3.21. The van der Waals surface area contributed by atoms with Crippen LogP contribution in [0, 0.1) is 17.3 Å². The molecule has 0 unspecified atom stereocenters. The minimum Gasteiger partial charge on any atom is -0.393 e. The van der Waals surface area contributed by atoms with E-state index >= 15 is 0 Å². The molecule has 2 fully saturated rings. The fraction of sp³-hybridized carbons (Fsp3) is 0.733. The van der Waals surface area contributed by atoms with E-state index in [0.717, 1.165) is 18.3 Å². The Morgan fingerprint density at radius 3 is 2.76 bits per heavy atom. The van der Waals surface area contributed by atoms with E-state index in [0.29, 0.717) is 0 Å². The number of aliphatic hydroxyl groups excluding tert-OH is 1. The molecule has 2 N–H and O–H groups in total. The van der Waals surface area contributed by atoms with Crippen molar-refractivity contribution < 1.29 is 10.2 Å². The van der Waals surface area contributed by atoms with E-state index < -0.39 is 5.60 Å². The predicted octanol–water partition coefficient (Wildman–Crippen LogP) is 2.67. The molecule has 0 aromatic carbocycles. The molecule has 0 aliphatic heterocycles. The first-order chi connectivity index (χ1) is 7.89. The van der Waals surface area contributed by atoms with Gasteiger partial charge in [0.2, 0.25) is 0 Å². The lowest BCUT2D eigenvalue weighted by atomic mass is 9.69. The van der Waals surface area contributed by atoms with E-state index in [4.69, 9.17) is 5.11 Å². The van der Waals surface area contributed by atoms with E-state index in [1.54, 1.807) is 13.0 Å². The van der Waals surface area contributed by atoms with E-state index in [1.165, 1.54) is 24.8 Å². The third-order valence-electron chi connectivity index (χ3n) is 4.90. The van der Waals surface area contributed by atoms with Crippen molar-refractivity contribution in [3.63, 3.8) is 0 Å². The number of aliphatic hydroxyl groups is 2. The number of hydrogen-bond donors (Lipinski definition) is 2. The monoisotopic (exact) mass is 236 g/mol. The molecular weight excluding hydrogens is 212 g/mol. The van der Waals surface area contributed by atoms with E-state index in [1.807, 2.05) is 6.08 Å². The predicted molar refractivity (Wildman–Crippen MR) is 69.5 cm³/mol. The van der Waals surface area contributed by atoms with Crippen LogP contribution in [0.1, 0.15) is 39.5 Å². The van der Waals surface area contributed by atoms with Gasteiger partial charge in [0.15, 0.2) is 0 Å². The van der Waals surface area contributed by atoms with Crippen molar-refractivity contribution in [2.45, 2.75) is 45.1 Å². The van der Waals surface area contributed by atoms with Crippen LogP contribution in [0.4, 0.5) is 0 Å². The molecule has 2 rings (SSSR count). The summed E-state index contributed by atoms with van der Waals surface area (Å²) in [6.45, 7) is 7.98. The number of fused-ring (bicyclic) bond motifs is 2. The zero-order chi connectivity index (χ0) is 12.7. The minimum absolute atomic E-state index is 0.213. The first-order valence-corrected chi connectivity index (χ1v) is 6.59. The number of allylic oxidation sites excluding steroid dienone is 2. The van der Waals surface area contributed by atoms with Crippen LogP contribution < -0.4 is 0 Å². The Morgan fingerprint density at radius 1 is 1.53 bits per heavy atom. The van der Waals surface area contributed by atoms with Crippen molar-refractivity contribution in [2.24, 2.45) is 17.3 Å². The van der Waals surface area contributed by atoms with Gasteiger partial charge in [0, 0.05) is 0 Å². The molecule has 2 aliphatic carbocycles. The molecule has 0 aromatic heterocycles. The van der Waals surface area contributed by atoms with Gasteiger partial charge in [-0.05, 0) is 49.9 Å². The van der Waals surface area contributed by atoms with Gasteiger partial charge in [-0.25, -0.2) is 0 Å². The van der Waals surface area contributed by atoms with Gasteiger partial charge in [0.25, 0.3) is 0 Å². The minimum atomic E-state index is -1.09. The van der Waals surface area contributed by atoms with Crippen LogP contribution >= 0.6 is 0 Å². The topological polar surface area (TPSA) is 40.5 Å². The third kappa shape index (κ3) is 2.21. The molecule has 2 heteroatoms. The molecule has 0 heterocycles. The highest BCUT2D eigenvalue weighted by Gasteiger charge is 2.49. The van der Waals surface area contributed by atoms with Crippen molar-refractivity contribution in [3.8, 4) is 0 Å². The highest BCUT2D eigenvalue weighted by Crippen LogP contribution is 2.60. The quantitative estimate of drug-likeness (QED) is 0.737. The molecular formula is C15H24O2. The summed E-state index contributed by atoms with van der Waals surface area (Å²) >= 11 is 0. The lowest BCUT2D eigenvalue weighted by Crippen LogP contribution is -2.27. The fourth-order valence-electron chi connectivity index (χ4n) is 3.51. The van der Waals surface area contributed by atoms with Gasteiger partial charge in [-0.3, -0.25) is 0 Å². The second-order valence-corrected chi connectivity index (χ2v) is 6.27. The molecule has 0 aromatic rings. The Morgan fingerprint density at radius 2 is 2.24 bits per heavy atom. The summed E-state index contributed by atoms with van der Waals surface area (Å²) in [5.74, 6) is 1.50. The largest absolute Gasteiger partial charge is 0.393 e. The molecule has 2 nitrogen and oxygen atoms in total. The van der Waals surface area contributed by atoms with Crippen molar-refractivity contribution in [3.05, 3.63) is 24.3 Å². The Bertz CT molecular complexity index is 343. The highest BCUT2D eigenvalue weighted by molar-refractivity contribution is 5.25. The molecule has 2 bridgehead atoms. The van der Waals surface area contributed by atoms with E-state index in [2.05, 4.69) is 13.5 Å². The van der Waals surface area contributed by atoms with Gasteiger partial charge in [0.05, 0.1) is 6.61 Å². The summed E-state index contributed by atoms with van der Waals surface area (Å²) in [5.41, 5.74) is 0.530. The smallest absolute Gasteiger partial charge is 0.103 e. The fourth-order valence-corrected chi connectivity index (χ4v) is 3.51. The Balaban J connectivity index is 2.02. The van der Waals surface area contributed by atoms with Gasteiger partial charge >= 0.3 is 0 Å². The summed E-state index contributed by atoms with van der Waals surface area (Å²) < 4.78 is 0. The van der Waals surface area contributed by atoms with Gasteiger partial charge in [-0.2, -0.15) is 0 Å². The van der Waals surface area contributed by atoms with Crippen molar-refractivity contribution >= 4 is 0 Å². The van der Waals surface area contributed by atoms with Gasteiger partial charge < -0.3 is 10.2 Å². The maximum atomic E-state index is 9.72.